The van der Waals surface area contributed by atoms with Gasteiger partial charge in [-0.3, -0.25) is 0 Å². The Hall–Kier alpha value is -1.76. The lowest BCUT2D eigenvalue weighted by Crippen LogP contribution is -2.01. The van der Waals surface area contributed by atoms with Crippen LogP contribution in [0.5, 0.6) is 5.75 Å². The predicted molar refractivity (Wildman–Crippen MR) is 67.4 cm³/mol. The molecular weight excluding hydrogens is 277 g/mol. The topological polar surface area (TPSA) is 34.1 Å². The molecule has 7 heteroatoms. The van der Waals surface area contributed by atoms with Crippen molar-refractivity contribution in [3.8, 4) is 5.75 Å². The van der Waals surface area contributed by atoms with Crippen LogP contribution in [0.2, 0.25) is 0 Å². The minimum absolute atomic E-state index is 0.234. The molecule has 19 heavy (non-hydrogen) atoms. The Bertz CT molecular complexity index is 554. The number of halogens is 3. The van der Waals surface area contributed by atoms with Crippen LogP contribution in [0, 0.1) is 0 Å². The van der Waals surface area contributed by atoms with E-state index in [-0.39, 0.29) is 5.13 Å². The fourth-order valence-electron chi connectivity index (χ4n) is 1.51. The Morgan fingerprint density at radius 1 is 1.32 bits per heavy atom. The molecule has 0 spiro atoms. The molecule has 2 aromatic rings. The van der Waals surface area contributed by atoms with E-state index in [1.807, 2.05) is 18.2 Å². The van der Waals surface area contributed by atoms with Gasteiger partial charge in [0.25, 0.3) is 0 Å². The zero-order chi connectivity index (χ0) is 13.9. The van der Waals surface area contributed by atoms with Crippen LogP contribution in [0.3, 0.4) is 0 Å². The molecule has 0 aliphatic rings. The summed E-state index contributed by atoms with van der Waals surface area (Å²) >= 11 is 0.584. The van der Waals surface area contributed by atoms with Crippen LogP contribution in [-0.2, 0) is 12.7 Å². The van der Waals surface area contributed by atoms with E-state index in [1.165, 1.54) is 0 Å². The van der Waals surface area contributed by atoms with Crippen LogP contribution in [-0.4, -0.2) is 12.1 Å². The van der Waals surface area contributed by atoms with Crippen LogP contribution in [0.25, 0.3) is 0 Å². The number of para-hydroxylation sites is 1. The number of anilines is 1. The number of benzene rings is 1. The van der Waals surface area contributed by atoms with Gasteiger partial charge < -0.3 is 10.1 Å². The average Bonchev–Trinajstić information content (AvgIpc) is 2.85. The molecule has 0 fully saturated rings. The molecule has 0 radical (unpaired) electrons. The lowest BCUT2D eigenvalue weighted by Gasteiger charge is -2.08. The van der Waals surface area contributed by atoms with Crippen LogP contribution in [0.15, 0.2) is 30.5 Å². The first kappa shape index (κ1) is 13.7. The second kappa shape index (κ2) is 5.48. The van der Waals surface area contributed by atoms with Crippen molar-refractivity contribution in [3.63, 3.8) is 0 Å². The van der Waals surface area contributed by atoms with Crippen molar-refractivity contribution in [3.05, 3.63) is 40.9 Å². The van der Waals surface area contributed by atoms with Gasteiger partial charge in [-0.1, -0.05) is 29.5 Å². The molecule has 102 valence electrons. The summed E-state index contributed by atoms with van der Waals surface area (Å²) in [5.74, 6) is 0.683. The summed E-state index contributed by atoms with van der Waals surface area (Å²) in [6, 6.07) is 7.29. The Morgan fingerprint density at radius 2 is 2.05 bits per heavy atom. The molecule has 0 bridgehead atoms. The normalized spacial score (nSPS) is 11.4. The number of hydrogen-bond donors (Lipinski definition) is 1. The van der Waals surface area contributed by atoms with E-state index in [0.717, 1.165) is 11.8 Å². The summed E-state index contributed by atoms with van der Waals surface area (Å²) < 4.78 is 42.4. The monoisotopic (exact) mass is 288 g/mol. The molecule has 1 aromatic heterocycles. The first-order valence-electron chi connectivity index (χ1n) is 5.39. The maximum Gasteiger partial charge on any atom is 0.427 e. The predicted octanol–water partition coefficient (Wildman–Crippen LogP) is 3.78. The summed E-state index contributed by atoms with van der Waals surface area (Å²) in [4.78, 5) is 2.99. The van der Waals surface area contributed by atoms with E-state index in [4.69, 9.17) is 4.74 Å². The molecule has 0 saturated carbocycles. The molecule has 0 aliphatic carbocycles. The molecule has 0 amide bonds. The van der Waals surface area contributed by atoms with Gasteiger partial charge in [-0.2, -0.15) is 13.2 Å². The number of alkyl halides is 3. The Kier molecular flexibility index (Phi) is 3.94. The molecule has 2 rings (SSSR count). The summed E-state index contributed by atoms with van der Waals surface area (Å²) in [5, 5.41) is 3.09. The first-order valence-corrected chi connectivity index (χ1v) is 6.21. The fourth-order valence-corrected chi connectivity index (χ4v) is 2.19. The van der Waals surface area contributed by atoms with E-state index in [2.05, 4.69) is 10.3 Å². The number of rotatable bonds is 4. The zero-order valence-electron chi connectivity index (χ0n) is 9.99. The highest BCUT2D eigenvalue weighted by Crippen LogP contribution is 2.35. The maximum atomic E-state index is 12.4. The van der Waals surface area contributed by atoms with Gasteiger partial charge in [0.2, 0.25) is 0 Å². The number of nitrogens with zero attached hydrogens (tertiary/aromatic N) is 1. The van der Waals surface area contributed by atoms with Crippen LogP contribution < -0.4 is 10.1 Å². The highest BCUT2D eigenvalue weighted by atomic mass is 32.1. The lowest BCUT2D eigenvalue weighted by atomic mass is 10.2. The molecule has 1 aromatic carbocycles. The zero-order valence-corrected chi connectivity index (χ0v) is 10.8. The van der Waals surface area contributed by atoms with Gasteiger partial charge in [0.05, 0.1) is 13.3 Å². The van der Waals surface area contributed by atoms with Crippen molar-refractivity contribution in [1.82, 2.24) is 4.98 Å². The largest absolute Gasteiger partial charge is 0.496 e. The van der Waals surface area contributed by atoms with Gasteiger partial charge in [-0.25, -0.2) is 4.98 Å². The molecule has 0 unspecified atom stereocenters. The summed E-state index contributed by atoms with van der Waals surface area (Å²) in [6.45, 7) is 0.356. The van der Waals surface area contributed by atoms with E-state index in [9.17, 15) is 13.2 Å². The van der Waals surface area contributed by atoms with Crippen molar-refractivity contribution in [2.45, 2.75) is 12.7 Å². The number of thiazole rings is 1. The first-order chi connectivity index (χ1) is 9.00. The Balaban J connectivity index is 2.05. The molecule has 3 nitrogen and oxygen atoms in total. The van der Waals surface area contributed by atoms with Crippen molar-refractivity contribution in [2.75, 3.05) is 12.4 Å². The van der Waals surface area contributed by atoms with Crippen LogP contribution in [0.4, 0.5) is 18.3 Å². The molecule has 1 heterocycles. The minimum Gasteiger partial charge on any atom is -0.496 e. The third kappa shape index (κ3) is 3.37. The van der Waals surface area contributed by atoms with Gasteiger partial charge in [0.15, 0.2) is 5.13 Å². The van der Waals surface area contributed by atoms with Gasteiger partial charge >= 0.3 is 6.18 Å². The summed E-state index contributed by atoms with van der Waals surface area (Å²) in [6.07, 6.45) is -3.52. The molecule has 0 aliphatic heterocycles. The number of aromatic nitrogens is 1. The van der Waals surface area contributed by atoms with Crippen molar-refractivity contribution in [2.24, 2.45) is 0 Å². The van der Waals surface area contributed by atoms with Gasteiger partial charge in [0.1, 0.15) is 10.6 Å². The number of methoxy groups -OCH3 is 1. The highest BCUT2D eigenvalue weighted by Gasteiger charge is 2.33. The van der Waals surface area contributed by atoms with Crippen LogP contribution in [0.1, 0.15) is 10.4 Å². The lowest BCUT2D eigenvalue weighted by molar-refractivity contribution is -0.134. The van der Waals surface area contributed by atoms with Crippen LogP contribution >= 0.6 is 11.3 Å². The van der Waals surface area contributed by atoms with Gasteiger partial charge in [-0.05, 0) is 6.07 Å². The maximum absolute atomic E-state index is 12.4. The summed E-state index contributed by atoms with van der Waals surface area (Å²) in [5.41, 5.74) is 0.855. The standard InChI is InChI=1S/C12H11F3N2OS/c1-18-9-5-3-2-4-8(9)6-16-11-17-7-10(19-11)12(13,14)15/h2-5,7H,6H2,1H3,(H,16,17). The highest BCUT2D eigenvalue weighted by molar-refractivity contribution is 7.15. The van der Waals surface area contributed by atoms with Crippen molar-refractivity contribution < 1.29 is 17.9 Å². The number of ether oxygens (including phenoxy) is 1. The van der Waals surface area contributed by atoms with Gasteiger partial charge in [0, 0.05) is 12.1 Å². The third-order valence-corrected chi connectivity index (χ3v) is 3.41. The Labute approximate surface area is 112 Å². The average molecular weight is 288 g/mol. The molecule has 0 saturated heterocycles. The molecule has 0 atom stereocenters. The number of nitrogens with one attached hydrogen (secondary N) is 1. The second-order valence-corrected chi connectivity index (χ2v) is 4.72. The fraction of sp³-hybridized carbons (Fsp3) is 0.250. The molecular formula is C12H11F3N2OS. The van der Waals surface area contributed by atoms with E-state index < -0.39 is 11.1 Å². The van der Waals surface area contributed by atoms with E-state index in [0.29, 0.717) is 23.6 Å². The quantitative estimate of drug-likeness (QED) is 0.929. The minimum atomic E-state index is -4.35. The Morgan fingerprint density at radius 3 is 2.68 bits per heavy atom. The third-order valence-electron chi connectivity index (χ3n) is 2.41. The van der Waals surface area contributed by atoms with Crippen molar-refractivity contribution >= 4 is 16.5 Å². The second-order valence-electron chi connectivity index (χ2n) is 3.69. The van der Waals surface area contributed by atoms with Gasteiger partial charge in [-0.15, -0.1) is 0 Å². The molecule has 1 N–H and O–H groups in total. The van der Waals surface area contributed by atoms with E-state index >= 15 is 0 Å². The number of hydrogen-bond acceptors (Lipinski definition) is 4. The SMILES string of the molecule is COc1ccccc1CNc1ncc(C(F)(F)F)s1. The van der Waals surface area contributed by atoms with E-state index in [1.54, 1.807) is 13.2 Å². The smallest absolute Gasteiger partial charge is 0.427 e. The summed E-state index contributed by atoms with van der Waals surface area (Å²) in [7, 11) is 1.55. The van der Waals surface area contributed by atoms with Crippen molar-refractivity contribution in [1.29, 1.82) is 0 Å².